The topological polar surface area (TPSA) is 250 Å². The fraction of sp³-hybridized carbons (Fsp3) is 1.00. The second-order valence-electron chi connectivity index (χ2n) is 4.46. The third kappa shape index (κ3) is 7.62. The van der Waals surface area contributed by atoms with Gasteiger partial charge < -0.3 is 44.3 Å². The van der Waals surface area contributed by atoms with E-state index in [1.54, 1.807) is 0 Å². The van der Waals surface area contributed by atoms with Gasteiger partial charge in [0.1, 0.15) is 24.4 Å². The number of rotatable bonds is 7. The summed E-state index contributed by atoms with van der Waals surface area (Å²) in [4.78, 5) is 52.1. The molecule has 1 rings (SSSR count). The van der Waals surface area contributed by atoms with Gasteiger partial charge in [-0.05, 0) is 0 Å². The van der Waals surface area contributed by atoms with Crippen molar-refractivity contribution in [2.45, 2.75) is 30.7 Å². The van der Waals surface area contributed by atoms with E-state index in [-0.39, 0.29) is 0 Å². The molecule has 1 fully saturated rings. The number of hydrogen-bond donors (Lipinski definition) is 8. The molecular weight excluding hydrogens is 405 g/mol. The van der Waals surface area contributed by atoms with Crippen LogP contribution in [0.25, 0.3) is 0 Å². The van der Waals surface area contributed by atoms with Gasteiger partial charge in [0.2, 0.25) is 0 Å². The van der Waals surface area contributed by atoms with E-state index in [0.717, 1.165) is 0 Å². The average molecular weight is 420 g/mol. The van der Waals surface area contributed by atoms with E-state index in [4.69, 9.17) is 29.4 Å². The molecule has 0 saturated carbocycles. The SMILES string of the molecule is O=P(O)(O)OC[C@H]1OC(O)[C@H](OP(=O)(O)O)[C@@H](O)[C@@H]1OP(=O)(O)O. The molecule has 1 aliphatic heterocycles. The summed E-state index contributed by atoms with van der Waals surface area (Å²) in [5.74, 6) is 0. The molecule has 1 unspecified atom stereocenters. The molecular formula is C6H15O15P3. The maximum Gasteiger partial charge on any atom is 0.470 e. The Balaban J connectivity index is 3.02. The van der Waals surface area contributed by atoms with E-state index in [2.05, 4.69) is 18.3 Å². The van der Waals surface area contributed by atoms with Gasteiger partial charge in [-0.1, -0.05) is 0 Å². The zero-order valence-corrected chi connectivity index (χ0v) is 14.1. The molecule has 0 aromatic rings. The van der Waals surface area contributed by atoms with Gasteiger partial charge in [-0.25, -0.2) is 13.7 Å². The third-order valence-corrected chi connectivity index (χ3v) is 4.08. The van der Waals surface area contributed by atoms with Crippen LogP contribution in [-0.4, -0.2) is 76.9 Å². The van der Waals surface area contributed by atoms with E-state index in [0.29, 0.717) is 0 Å². The Morgan fingerprint density at radius 1 is 0.792 bits per heavy atom. The molecule has 1 saturated heterocycles. The third-order valence-electron chi connectivity index (χ3n) is 2.56. The van der Waals surface area contributed by atoms with Crippen LogP contribution >= 0.6 is 23.5 Å². The minimum absolute atomic E-state index is 1.09. The first kappa shape index (κ1) is 22.3. The molecule has 15 nitrogen and oxygen atoms in total. The van der Waals surface area contributed by atoms with Gasteiger partial charge in [0.15, 0.2) is 6.29 Å². The molecule has 144 valence electrons. The lowest BCUT2D eigenvalue weighted by molar-refractivity contribution is -0.279. The highest BCUT2D eigenvalue weighted by Gasteiger charge is 2.50. The summed E-state index contributed by atoms with van der Waals surface area (Å²) in [5.41, 5.74) is 0. The van der Waals surface area contributed by atoms with Crippen LogP contribution in [0.2, 0.25) is 0 Å². The van der Waals surface area contributed by atoms with Gasteiger partial charge in [0.25, 0.3) is 0 Å². The Morgan fingerprint density at radius 2 is 1.25 bits per heavy atom. The molecule has 0 aromatic carbocycles. The highest BCUT2D eigenvalue weighted by molar-refractivity contribution is 7.46. The zero-order chi connectivity index (χ0) is 18.9. The van der Waals surface area contributed by atoms with Crippen LogP contribution < -0.4 is 0 Å². The first-order chi connectivity index (χ1) is 10.6. The lowest BCUT2D eigenvalue weighted by atomic mass is 9.99. The second kappa shape index (κ2) is 7.84. The van der Waals surface area contributed by atoms with Gasteiger partial charge in [-0.2, -0.15) is 0 Å². The fourth-order valence-corrected chi connectivity index (χ4v) is 3.24. The summed E-state index contributed by atoms with van der Waals surface area (Å²) >= 11 is 0. The van der Waals surface area contributed by atoms with E-state index < -0.39 is 60.8 Å². The Kier molecular flexibility index (Phi) is 7.27. The molecule has 0 radical (unpaired) electrons. The Labute approximate surface area is 133 Å². The lowest BCUT2D eigenvalue weighted by Crippen LogP contribution is -2.59. The maximum absolute atomic E-state index is 10.9. The minimum atomic E-state index is -5.29. The fourth-order valence-electron chi connectivity index (χ4n) is 1.78. The smallest absolute Gasteiger partial charge is 0.387 e. The first-order valence-electron chi connectivity index (χ1n) is 5.78. The van der Waals surface area contributed by atoms with E-state index in [9.17, 15) is 23.9 Å². The van der Waals surface area contributed by atoms with Crippen molar-refractivity contribution < 1.29 is 71.6 Å². The molecule has 1 heterocycles. The molecule has 0 aliphatic carbocycles. The van der Waals surface area contributed by atoms with Crippen LogP contribution in [0.4, 0.5) is 0 Å². The highest BCUT2D eigenvalue weighted by Crippen LogP contribution is 2.46. The maximum atomic E-state index is 10.9. The van der Waals surface area contributed by atoms with Gasteiger partial charge in [-0.15, -0.1) is 0 Å². The standard InChI is InChI=1S/C6H15O15P3/c7-3-4(20-23(12,13)14)2(1-18-22(9,10)11)19-6(8)5(3)21-24(15,16)17/h2-8H,1H2,(H2,9,10,11)(H2,12,13,14)(H2,15,16,17)/t2-,3+,4-,5-,6?/m1/s1. The number of ether oxygens (including phenoxy) is 1. The van der Waals surface area contributed by atoms with Crippen molar-refractivity contribution in [3.8, 4) is 0 Å². The summed E-state index contributed by atoms with van der Waals surface area (Å²) < 4.78 is 49.3. The van der Waals surface area contributed by atoms with Crippen molar-refractivity contribution in [1.82, 2.24) is 0 Å². The number of aliphatic hydroxyl groups excluding tert-OH is 2. The molecule has 0 aromatic heterocycles. The van der Waals surface area contributed by atoms with Gasteiger partial charge in [-0.3, -0.25) is 13.6 Å². The van der Waals surface area contributed by atoms with Crippen LogP contribution in [-0.2, 0) is 32.0 Å². The van der Waals surface area contributed by atoms with Gasteiger partial charge in [0.05, 0.1) is 6.61 Å². The molecule has 0 amide bonds. The van der Waals surface area contributed by atoms with E-state index in [1.165, 1.54) is 0 Å². The zero-order valence-electron chi connectivity index (χ0n) is 11.4. The highest BCUT2D eigenvalue weighted by atomic mass is 31.2. The van der Waals surface area contributed by atoms with Crippen molar-refractivity contribution in [3.63, 3.8) is 0 Å². The first-order valence-corrected chi connectivity index (χ1v) is 10.4. The van der Waals surface area contributed by atoms with Crippen LogP contribution in [0.1, 0.15) is 0 Å². The summed E-state index contributed by atoms with van der Waals surface area (Å²) in [6.45, 7) is -1.09. The predicted octanol–water partition coefficient (Wildman–Crippen LogP) is -2.87. The molecule has 0 bridgehead atoms. The van der Waals surface area contributed by atoms with Crippen LogP contribution in [0.15, 0.2) is 0 Å². The summed E-state index contributed by atoms with van der Waals surface area (Å²) in [6.07, 6.45) is -10.6. The number of hydrogen-bond acceptors (Lipinski definition) is 9. The molecule has 8 N–H and O–H groups in total. The molecule has 0 spiro atoms. The largest absolute Gasteiger partial charge is 0.470 e. The molecule has 5 atom stereocenters. The van der Waals surface area contributed by atoms with Crippen molar-refractivity contribution in [3.05, 3.63) is 0 Å². The Hall–Kier alpha value is 0.210. The van der Waals surface area contributed by atoms with Gasteiger partial charge >= 0.3 is 23.5 Å². The molecule has 18 heteroatoms. The summed E-state index contributed by atoms with van der Waals surface area (Å²) in [5, 5.41) is 19.5. The van der Waals surface area contributed by atoms with E-state index >= 15 is 0 Å². The normalized spacial score (nSPS) is 32.8. The van der Waals surface area contributed by atoms with Crippen LogP contribution in [0.5, 0.6) is 0 Å². The predicted molar refractivity (Wildman–Crippen MR) is 68.7 cm³/mol. The average Bonchev–Trinajstić information content (AvgIpc) is 2.32. The van der Waals surface area contributed by atoms with Crippen molar-refractivity contribution in [2.75, 3.05) is 6.61 Å². The Bertz CT molecular complexity index is 558. The lowest BCUT2D eigenvalue weighted by Gasteiger charge is -2.41. The van der Waals surface area contributed by atoms with Crippen molar-refractivity contribution in [1.29, 1.82) is 0 Å². The summed E-state index contributed by atoms with van der Waals surface area (Å²) in [7, 11) is -15.6. The second-order valence-corrected chi connectivity index (χ2v) is 8.09. The van der Waals surface area contributed by atoms with E-state index in [1.807, 2.05) is 0 Å². The minimum Gasteiger partial charge on any atom is -0.387 e. The number of phosphoric acid groups is 3. The van der Waals surface area contributed by atoms with Crippen molar-refractivity contribution >= 4 is 23.5 Å². The number of aliphatic hydroxyl groups is 2. The van der Waals surface area contributed by atoms with Crippen LogP contribution in [0, 0.1) is 0 Å². The summed E-state index contributed by atoms with van der Waals surface area (Å²) in [6, 6.07) is 0. The number of phosphoric ester groups is 3. The Morgan fingerprint density at radius 3 is 1.67 bits per heavy atom. The van der Waals surface area contributed by atoms with Crippen LogP contribution in [0.3, 0.4) is 0 Å². The molecule has 1 aliphatic rings. The van der Waals surface area contributed by atoms with Crippen molar-refractivity contribution in [2.24, 2.45) is 0 Å². The monoisotopic (exact) mass is 420 g/mol. The quantitative estimate of drug-likeness (QED) is 0.193. The molecule has 24 heavy (non-hydrogen) atoms. The van der Waals surface area contributed by atoms with Gasteiger partial charge in [0, 0.05) is 0 Å².